The van der Waals surface area contributed by atoms with E-state index in [0.717, 1.165) is 35.3 Å². The molecule has 0 atom stereocenters. The number of hydrogen-bond acceptors (Lipinski definition) is 4. The van der Waals surface area contributed by atoms with Crippen LogP contribution in [0.4, 0.5) is 0 Å². The summed E-state index contributed by atoms with van der Waals surface area (Å²) >= 11 is 0. The quantitative estimate of drug-likeness (QED) is 0.776. The Kier molecular flexibility index (Phi) is 4.07. The molecule has 0 aliphatic heterocycles. The van der Waals surface area contributed by atoms with Crippen LogP contribution in [-0.4, -0.2) is 16.5 Å². The number of ether oxygens (including phenoxy) is 1. The third-order valence-electron chi connectivity index (χ3n) is 3.18. The molecule has 0 spiro atoms. The van der Waals surface area contributed by atoms with Crippen molar-refractivity contribution in [2.24, 2.45) is 0 Å². The summed E-state index contributed by atoms with van der Waals surface area (Å²) in [5.41, 5.74) is 2.06. The number of nitrogens with one attached hydrogen (secondary N) is 1. The molecule has 21 heavy (non-hydrogen) atoms. The molecule has 2 heterocycles. The Labute approximate surface area is 123 Å². The second-order valence-electron chi connectivity index (χ2n) is 4.74. The Morgan fingerprint density at radius 2 is 2.05 bits per heavy atom. The lowest BCUT2D eigenvalue weighted by Gasteiger charge is -2.07. The van der Waals surface area contributed by atoms with Crippen LogP contribution in [0.3, 0.4) is 0 Å². The molecule has 0 amide bonds. The number of rotatable bonds is 5. The van der Waals surface area contributed by atoms with Crippen LogP contribution in [0.5, 0.6) is 11.6 Å². The van der Waals surface area contributed by atoms with Gasteiger partial charge in [0.05, 0.1) is 5.52 Å². The van der Waals surface area contributed by atoms with Crippen molar-refractivity contribution in [3.63, 3.8) is 0 Å². The fraction of sp³-hybridized carbons (Fsp3) is 0.176. The van der Waals surface area contributed by atoms with Crippen LogP contribution < -0.4 is 10.1 Å². The van der Waals surface area contributed by atoms with Crippen LogP contribution in [0.1, 0.15) is 12.5 Å². The van der Waals surface area contributed by atoms with Gasteiger partial charge >= 0.3 is 0 Å². The van der Waals surface area contributed by atoms with Gasteiger partial charge in [-0.3, -0.25) is 4.98 Å². The molecule has 0 fully saturated rings. The molecule has 0 bridgehead atoms. The van der Waals surface area contributed by atoms with Crippen molar-refractivity contribution in [2.45, 2.75) is 13.5 Å². The van der Waals surface area contributed by atoms with E-state index in [9.17, 15) is 0 Å². The number of fused-ring (bicyclic) bond motifs is 1. The Morgan fingerprint density at radius 3 is 2.86 bits per heavy atom. The number of benzene rings is 1. The van der Waals surface area contributed by atoms with Crippen molar-refractivity contribution < 1.29 is 4.74 Å². The summed E-state index contributed by atoms with van der Waals surface area (Å²) in [5, 5.41) is 4.36. The summed E-state index contributed by atoms with van der Waals surface area (Å²) < 4.78 is 5.77. The summed E-state index contributed by atoms with van der Waals surface area (Å²) in [7, 11) is 0. The van der Waals surface area contributed by atoms with E-state index in [-0.39, 0.29) is 0 Å². The van der Waals surface area contributed by atoms with Crippen molar-refractivity contribution in [1.82, 2.24) is 15.3 Å². The number of aromatic nitrogens is 2. The normalized spacial score (nSPS) is 10.7. The average Bonchev–Trinajstić information content (AvgIpc) is 2.54. The lowest BCUT2D eigenvalue weighted by Crippen LogP contribution is -2.11. The molecule has 0 saturated carbocycles. The predicted octanol–water partition coefficient (Wildman–Crippen LogP) is 3.53. The van der Waals surface area contributed by atoms with E-state index in [2.05, 4.69) is 22.2 Å². The van der Waals surface area contributed by atoms with Crippen LogP contribution in [0.25, 0.3) is 10.9 Å². The monoisotopic (exact) mass is 279 g/mol. The van der Waals surface area contributed by atoms with Crippen molar-refractivity contribution in [3.8, 4) is 11.6 Å². The Hall–Kier alpha value is -2.46. The lowest BCUT2D eigenvalue weighted by molar-refractivity contribution is 0.463. The molecular weight excluding hydrogens is 262 g/mol. The summed E-state index contributed by atoms with van der Waals surface area (Å²) in [6.45, 7) is 3.85. The molecule has 3 rings (SSSR count). The minimum Gasteiger partial charge on any atom is -0.439 e. The van der Waals surface area contributed by atoms with Gasteiger partial charge in [0.25, 0.3) is 0 Å². The molecule has 0 radical (unpaired) electrons. The Bertz CT molecular complexity index is 725. The summed E-state index contributed by atoms with van der Waals surface area (Å²) in [4.78, 5) is 8.65. The summed E-state index contributed by atoms with van der Waals surface area (Å²) in [6.07, 6.45) is 3.61. The van der Waals surface area contributed by atoms with Gasteiger partial charge in [0, 0.05) is 36.5 Å². The van der Waals surface area contributed by atoms with Crippen molar-refractivity contribution in [3.05, 3.63) is 60.4 Å². The zero-order chi connectivity index (χ0) is 14.5. The fourth-order valence-corrected chi connectivity index (χ4v) is 2.08. The van der Waals surface area contributed by atoms with E-state index in [1.54, 1.807) is 6.20 Å². The third-order valence-corrected chi connectivity index (χ3v) is 3.18. The molecule has 106 valence electrons. The number of hydrogen-bond donors (Lipinski definition) is 1. The van der Waals surface area contributed by atoms with Gasteiger partial charge in [-0.15, -0.1) is 0 Å². The van der Waals surface area contributed by atoms with Gasteiger partial charge in [-0.2, -0.15) is 0 Å². The van der Waals surface area contributed by atoms with Gasteiger partial charge in [0.15, 0.2) is 0 Å². The van der Waals surface area contributed by atoms with Gasteiger partial charge < -0.3 is 10.1 Å². The molecule has 0 saturated heterocycles. The maximum absolute atomic E-state index is 5.77. The molecule has 0 unspecified atom stereocenters. The summed E-state index contributed by atoms with van der Waals surface area (Å²) in [6, 6.07) is 13.7. The van der Waals surface area contributed by atoms with Gasteiger partial charge in [-0.05, 0) is 30.3 Å². The van der Waals surface area contributed by atoms with Crippen LogP contribution in [-0.2, 0) is 6.54 Å². The molecule has 4 heteroatoms. The van der Waals surface area contributed by atoms with E-state index in [0.29, 0.717) is 5.88 Å². The first kappa shape index (κ1) is 13.5. The molecule has 3 aromatic rings. The van der Waals surface area contributed by atoms with Crippen molar-refractivity contribution in [2.75, 3.05) is 6.54 Å². The lowest BCUT2D eigenvalue weighted by atomic mass is 10.2. The van der Waals surface area contributed by atoms with E-state index in [4.69, 9.17) is 4.74 Å². The fourth-order valence-electron chi connectivity index (χ4n) is 2.08. The topological polar surface area (TPSA) is 47.0 Å². The zero-order valence-corrected chi connectivity index (χ0v) is 11.9. The second-order valence-corrected chi connectivity index (χ2v) is 4.74. The number of pyridine rings is 2. The van der Waals surface area contributed by atoms with Gasteiger partial charge in [-0.1, -0.05) is 19.1 Å². The highest BCUT2D eigenvalue weighted by molar-refractivity contribution is 5.79. The predicted molar refractivity (Wildman–Crippen MR) is 83.4 cm³/mol. The second kappa shape index (κ2) is 6.33. The van der Waals surface area contributed by atoms with Crippen LogP contribution in [0.15, 0.2) is 54.9 Å². The first-order chi connectivity index (χ1) is 10.3. The maximum atomic E-state index is 5.77. The first-order valence-electron chi connectivity index (χ1n) is 7.03. The van der Waals surface area contributed by atoms with Gasteiger partial charge in [0.1, 0.15) is 5.75 Å². The molecule has 0 aliphatic carbocycles. The van der Waals surface area contributed by atoms with E-state index in [1.807, 2.05) is 48.7 Å². The number of nitrogens with zero attached hydrogens (tertiary/aromatic N) is 2. The highest BCUT2D eigenvalue weighted by atomic mass is 16.5. The zero-order valence-electron chi connectivity index (χ0n) is 11.9. The highest BCUT2D eigenvalue weighted by Crippen LogP contribution is 2.23. The Balaban J connectivity index is 1.75. The molecule has 2 aromatic heterocycles. The maximum Gasteiger partial charge on any atom is 0.219 e. The summed E-state index contributed by atoms with van der Waals surface area (Å²) in [5.74, 6) is 1.33. The largest absolute Gasteiger partial charge is 0.439 e. The van der Waals surface area contributed by atoms with Crippen LogP contribution >= 0.6 is 0 Å². The first-order valence-corrected chi connectivity index (χ1v) is 7.03. The van der Waals surface area contributed by atoms with Crippen molar-refractivity contribution >= 4 is 10.9 Å². The van der Waals surface area contributed by atoms with Gasteiger partial charge in [-0.25, -0.2) is 4.98 Å². The third kappa shape index (κ3) is 3.35. The average molecular weight is 279 g/mol. The SMILES string of the molecule is CCNCc1ccc(Oc2ccc3cccnc3c2)nc1. The molecule has 4 nitrogen and oxygen atoms in total. The van der Waals surface area contributed by atoms with E-state index < -0.39 is 0 Å². The van der Waals surface area contributed by atoms with Crippen LogP contribution in [0, 0.1) is 0 Å². The molecule has 0 aliphatic rings. The van der Waals surface area contributed by atoms with Gasteiger partial charge in [0.2, 0.25) is 5.88 Å². The van der Waals surface area contributed by atoms with E-state index >= 15 is 0 Å². The molecule has 1 N–H and O–H groups in total. The minimum atomic E-state index is 0.588. The molecule has 1 aromatic carbocycles. The van der Waals surface area contributed by atoms with Crippen molar-refractivity contribution in [1.29, 1.82) is 0 Å². The standard InChI is InChI=1S/C17H17N3O/c1-2-18-11-13-5-8-17(20-12-13)21-15-7-6-14-4-3-9-19-16(14)10-15/h3-10,12,18H,2,11H2,1H3. The minimum absolute atomic E-state index is 0.588. The Morgan fingerprint density at radius 1 is 1.10 bits per heavy atom. The van der Waals surface area contributed by atoms with E-state index in [1.165, 1.54) is 0 Å². The smallest absolute Gasteiger partial charge is 0.219 e. The van der Waals surface area contributed by atoms with Crippen LogP contribution in [0.2, 0.25) is 0 Å². The highest BCUT2D eigenvalue weighted by Gasteiger charge is 2.01. The molecular formula is C17H17N3O.